The Morgan fingerprint density at radius 2 is 1.72 bits per heavy atom. The van der Waals surface area contributed by atoms with Gasteiger partial charge in [0.05, 0.1) is 11.8 Å². The maximum absolute atomic E-state index is 12.2. The van der Waals surface area contributed by atoms with E-state index in [-0.39, 0.29) is 12.2 Å². The molecule has 2 fully saturated rings. The van der Waals surface area contributed by atoms with Crippen molar-refractivity contribution < 1.29 is 13.2 Å². The fraction of sp³-hybridized carbons (Fsp3) is 0.464. The summed E-state index contributed by atoms with van der Waals surface area (Å²) in [6, 6.07) is 16.4. The molecule has 1 aromatic heterocycles. The van der Waals surface area contributed by atoms with Gasteiger partial charge in [0, 0.05) is 30.9 Å². The Morgan fingerprint density at radius 1 is 1.03 bits per heavy atom. The SMILES string of the molecule is Cc1c(-c2ccc(C3(S(N)(=O)=O)CC3)cc2)nc2n1CCc1ccccc1C2OC1CCN(C)CC1. The van der Waals surface area contributed by atoms with Crippen LogP contribution in [0.4, 0.5) is 0 Å². The first kappa shape index (κ1) is 23.9. The number of nitrogens with two attached hydrogens (primary N) is 1. The molecule has 7 nitrogen and oxygen atoms in total. The second kappa shape index (κ2) is 8.80. The lowest BCUT2D eigenvalue weighted by Crippen LogP contribution is -2.35. The summed E-state index contributed by atoms with van der Waals surface area (Å²) in [5.74, 6) is 0.957. The summed E-state index contributed by atoms with van der Waals surface area (Å²) in [4.78, 5) is 7.54. The van der Waals surface area contributed by atoms with Gasteiger partial charge in [-0.3, -0.25) is 0 Å². The lowest BCUT2D eigenvalue weighted by atomic mass is 9.99. The van der Waals surface area contributed by atoms with E-state index in [4.69, 9.17) is 14.9 Å². The van der Waals surface area contributed by atoms with Gasteiger partial charge in [0.1, 0.15) is 16.7 Å². The van der Waals surface area contributed by atoms with Crippen LogP contribution < -0.4 is 5.14 Å². The van der Waals surface area contributed by atoms with Crippen molar-refractivity contribution in [2.45, 2.75) is 62.5 Å². The smallest absolute Gasteiger partial charge is 0.219 e. The number of piperidine rings is 1. The molecule has 2 N–H and O–H groups in total. The molecule has 0 radical (unpaired) electrons. The lowest BCUT2D eigenvalue weighted by molar-refractivity contribution is -0.0276. The fourth-order valence-corrected chi connectivity index (χ4v) is 7.07. The maximum Gasteiger partial charge on any atom is 0.219 e. The first-order valence-electron chi connectivity index (χ1n) is 12.9. The van der Waals surface area contributed by atoms with Crippen LogP contribution in [0.2, 0.25) is 0 Å². The van der Waals surface area contributed by atoms with E-state index < -0.39 is 14.8 Å². The van der Waals surface area contributed by atoms with Gasteiger partial charge in [-0.05, 0) is 62.8 Å². The number of aryl methyl sites for hydroxylation is 1. The van der Waals surface area contributed by atoms with E-state index in [0.717, 1.165) is 67.2 Å². The van der Waals surface area contributed by atoms with Crippen LogP contribution in [-0.2, 0) is 32.5 Å². The first-order chi connectivity index (χ1) is 17.3. The van der Waals surface area contributed by atoms with Gasteiger partial charge in [0.2, 0.25) is 10.0 Å². The molecule has 1 saturated carbocycles. The van der Waals surface area contributed by atoms with Gasteiger partial charge in [-0.15, -0.1) is 0 Å². The quantitative estimate of drug-likeness (QED) is 0.567. The van der Waals surface area contributed by atoms with Crippen LogP contribution in [0.1, 0.15) is 60.0 Å². The predicted molar refractivity (Wildman–Crippen MR) is 140 cm³/mol. The Labute approximate surface area is 213 Å². The summed E-state index contributed by atoms with van der Waals surface area (Å²) in [7, 11) is -1.46. The van der Waals surface area contributed by atoms with E-state index >= 15 is 0 Å². The summed E-state index contributed by atoms with van der Waals surface area (Å²) in [6.07, 6.45) is 4.14. The second-order valence-corrected chi connectivity index (χ2v) is 12.5. The number of likely N-dealkylation sites (tertiary alicyclic amines) is 1. The molecule has 0 amide bonds. The van der Waals surface area contributed by atoms with Gasteiger partial charge >= 0.3 is 0 Å². The molecule has 1 saturated heterocycles. The largest absolute Gasteiger partial charge is 0.362 e. The van der Waals surface area contributed by atoms with E-state index in [9.17, 15) is 8.42 Å². The van der Waals surface area contributed by atoms with Crippen LogP contribution in [0.3, 0.4) is 0 Å². The molecule has 2 aromatic carbocycles. The molecule has 6 rings (SSSR count). The Balaban J connectivity index is 1.37. The van der Waals surface area contributed by atoms with E-state index in [1.807, 2.05) is 24.3 Å². The highest BCUT2D eigenvalue weighted by Crippen LogP contribution is 2.51. The number of primary sulfonamides is 1. The Kier molecular flexibility index (Phi) is 5.83. The molecule has 190 valence electrons. The molecule has 36 heavy (non-hydrogen) atoms. The molecular formula is C28H34N4O3S. The topological polar surface area (TPSA) is 90.5 Å². The van der Waals surface area contributed by atoms with Crippen molar-refractivity contribution in [1.29, 1.82) is 0 Å². The van der Waals surface area contributed by atoms with Gasteiger partial charge in [0.25, 0.3) is 0 Å². The summed E-state index contributed by atoms with van der Waals surface area (Å²) < 4.78 is 32.5. The Hall–Kier alpha value is -2.52. The molecule has 3 aromatic rings. The van der Waals surface area contributed by atoms with E-state index in [1.165, 1.54) is 11.1 Å². The third-order valence-corrected chi connectivity index (χ3v) is 10.1. The zero-order valence-electron chi connectivity index (χ0n) is 21.0. The number of benzene rings is 2. The molecule has 0 spiro atoms. The van der Waals surface area contributed by atoms with Crippen molar-refractivity contribution in [3.63, 3.8) is 0 Å². The molecule has 1 atom stereocenters. The zero-order chi connectivity index (χ0) is 25.1. The highest BCUT2D eigenvalue weighted by molar-refractivity contribution is 7.90. The number of imidazole rings is 1. The van der Waals surface area contributed by atoms with Crippen LogP contribution in [0, 0.1) is 6.92 Å². The number of fused-ring (bicyclic) bond motifs is 2. The number of nitrogens with zero attached hydrogens (tertiary/aromatic N) is 3. The van der Waals surface area contributed by atoms with Crippen molar-refractivity contribution in [3.05, 3.63) is 76.7 Å². The lowest BCUT2D eigenvalue weighted by Gasteiger charge is -2.32. The molecule has 1 aliphatic carbocycles. The first-order valence-corrected chi connectivity index (χ1v) is 14.4. The molecule has 3 aliphatic rings. The molecule has 1 unspecified atom stereocenters. The van der Waals surface area contributed by atoms with Crippen LogP contribution in [0.5, 0.6) is 0 Å². The van der Waals surface area contributed by atoms with Gasteiger partial charge < -0.3 is 14.2 Å². The minimum atomic E-state index is -3.63. The Morgan fingerprint density at radius 3 is 2.39 bits per heavy atom. The third kappa shape index (κ3) is 4.00. The number of sulfonamides is 1. The molecule has 3 heterocycles. The van der Waals surface area contributed by atoms with E-state index in [2.05, 4.69) is 47.7 Å². The average molecular weight is 507 g/mol. The number of aromatic nitrogens is 2. The molecule has 0 bridgehead atoms. The third-order valence-electron chi connectivity index (χ3n) is 8.35. The molecule has 2 aliphatic heterocycles. The highest BCUT2D eigenvalue weighted by atomic mass is 32.2. The van der Waals surface area contributed by atoms with Crippen molar-refractivity contribution in [2.75, 3.05) is 20.1 Å². The number of ether oxygens (including phenoxy) is 1. The number of hydrogen-bond acceptors (Lipinski definition) is 5. The van der Waals surface area contributed by atoms with Crippen molar-refractivity contribution in [3.8, 4) is 11.3 Å². The maximum atomic E-state index is 12.2. The minimum Gasteiger partial charge on any atom is -0.362 e. The minimum absolute atomic E-state index is 0.207. The number of hydrogen-bond donors (Lipinski definition) is 1. The second-order valence-electron chi connectivity index (χ2n) is 10.6. The molecular weight excluding hydrogens is 472 g/mol. The number of rotatable bonds is 5. The van der Waals surface area contributed by atoms with Crippen molar-refractivity contribution in [2.24, 2.45) is 5.14 Å². The normalized spacial score (nSPS) is 22.0. The highest BCUT2D eigenvalue weighted by Gasteiger charge is 2.54. The Bertz CT molecular complexity index is 1380. The van der Waals surface area contributed by atoms with Crippen LogP contribution in [0.15, 0.2) is 48.5 Å². The summed E-state index contributed by atoms with van der Waals surface area (Å²) in [6.45, 7) is 5.06. The fourth-order valence-electron chi connectivity index (χ4n) is 5.93. The van der Waals surface area contributed by atoms with Gasteiger partial charge in [-0.1, -0.05) is 48.5 Å². The van der Waals surface area contributed by atoms with Gasteiger partial charge in [0.15, 0.2) is 0 Å². The molecule has 8 heteroatoms. The van der Waals surface area contributed by atoms with Crippen LogP contribution >= 0.6 is 0 Å². The predicted octanol–water partition coefficient (Wildman–Crippen LogP) is 3.89. The van der Waals surface area contributed by atoms with E-state index in [1.54, 1.807) is 0 Å². The van der Waals surface area contributed by atoms with Crippen molar-refractivity contribution in [1.82, 2.24) is 14.5 Å². The van der Waals surface area contributed by atoms with Crippen molar-refractivity contribution >= 4 is 10.0 Å². The summed E-state index contributed by atoms with van der Waals surface area (Å²) in [5.41, 5.74) is 6.32. The zero-order valence-corrected chi connectivity index (χ0v) is 21.8. The van der Waals surface area contributed by atoms with E-state index in [0.29, 0.717) is 12.8 Å². The summed E-state index contributed by atoms with van der Waals surface area (Å²) >= 11 is 0. The summed E-state index contributed by atoms with van der Waals surface area (Å²) in [5, 5.41) is 5.54. The van der Waals surface area contributed by atoms with Gasteiger partial charge in [-0.2, -0.15) is 0 Å². The average Bonchev–Trinajstić information content (AvgIpc) is 3.65. The van der Waals surface area contributed by atoms with Crippen LogP contribution in [-0.4, -0.2) is 49.1 Å². The monoisotopic (exact) mass is 506 g/mol. The van der Waals surface area contributed by atoms with Gasteiger partial charge in [-0.25, -0.2) is 18.5 Å². The standard InChI is InChI=1S/C28H34N4O3S/c1-19-25(21-7-9-22(10-8-21)28(14-15-28)36(29,33)34)30-27-26(35-23-12-16-31(2)17-13-23)24-6-4-3-5-20(24)11-18-32(19)27/h3-10,23,26H,11-18H2,1-2H3,(H2,29,33,34). The van der Waals surface area contributed by atoms with Crippen LogP contribution in [0.25, 0.3) is 11.3 Å².